The van der Waals surface area contributed by atoms with Gasteiger partial charge in [0.2, 0.25) is 11.8 Å². The average Bonchev–Trinajstić information content (AvgIpc) is 3.07. The van der Waals surface area contributed by atoms with Crippen LogP contribution in [-0.4, -0.2) is 45.9 Å². The van der Waals surface area contributed by atoms with Crippen LogP contribution in [0.4, 0.5) is 0 Å². The predicted octanol–water partition coefficient (Wildman–Crippen LogP) is 4.09. The molecule has 0 radical (unpaired) electrons. The first-order valence-corrected chi connectivity index (χ1v) is 11.1. The summed E-state index contributed by atoms with van der Waals surface area (Å²) in [6, 6.07) is 8.02. The van der Waals surface area contributed by atoms with Crippen LogP contribution in [0.2, 0.25) is 0 Å². The molecule has 0 fully saturated rings. The number of rotatable bonds is 13. The Morgan fingerprint density at radius 2 is 1.80 bits per heavy atom. The fourth-order valence-electron chi connectivity index (χ4n) is 3.57. The molecule has 6 nitrogen and oxygen atoms in total. The predicted molar refractivity (Wildman–Crippen MR) is 122 cm³/mol. The number of nitrogens with zero attached hydrogens (tertiary/aromatic N) is 3. The zero-order chi connectivity index (χ0) is 21.9. The summed E-state index contributed by atoms with van der Waals surface area (Å²) >= 11 is 0. The molecule has 0 spiro atoms. The van der Waals surface area contributed by atoms with E-state index in [1.54, 1.807) is 6.92 Å². The van der Waals surface area contributed by atoms with E-state index in [9.17, 15) is 9.59 Å². The van der Waals surface area contributed by atoms with Crippen molar-refractivity contribution in [3.63, 3.8) is 0 Å². The molecule has 1 aromatic heterocycles. The number of imidazole rings is 1. The Labute approximate surface area is 180 Å². The van der Waals surface area contributed by atoms with E-state index in [-0.39, 0.29) is 11.8 Å². The maximum absolute atomic E-state index is 13.0. The molecule has 0 saturated heterocycles. The first-order chi connectivity index (χ1) is 14.5. The lowest BCUT2D eigenvalue weighted by molar-refractivity contribution is -0.131. The average molecular weight is 413 g/mol. The van der Waals surface area contributed by atoms with Gasteiger partial charge in [-0.2, -0.15) is 0 Å². The van der Waals surface area contributed by atoms with Crippen LogP contribution in [0.15, 0.2) is 36.4 Å². The molecule has 0 bridgehead atoms. The molecule has 2 aromatic rings. The quantitative estimate of drug-likeness (QED) is 0.398. The SMILES string of the molecule is C=C(C)C(=O)NCCCCCc1nc2ccccc2n1CC(=O)N(CCC)CCC. The molecule has 164 valence electrons. The molecule has 30 heavy (non-hydrogen) atoms. The molecule has 1 aromatic carbocycles. The third kappa shape index (κ3) is 6.71. The molecule has 0 unspecified atom stereocenters. The Balaban J connectivity index is 2.01. The number of carbonyl (C=O) groups excluding carboxylic acids is 2. The third-order valence-corrected chi connectivity index (χ3v) is 5.12. The lowest BCUT2D eigenvalue weighted by Gasteiger charge is -2.22. The third-order valence-electron chi connectivity index (χ3n) is 5.12. The number of para-hydroxylation sites is 2. The van der Waals surface area contributed by atoms with Gasteiger partial charge in [0.1, 0.15) is 12.4 Å². The van der Waals surface area contributed by atoms with Gasteiger partial charge in [0.25, 0.3) is 0 Å². The van der Waals surface area contributed by atoms with Crippen molar-refractivity contribution in [2.24, 2.45) is 0 Å². The summed E-state index contributed by atoms with van der Waals surface area (Å²) in [5.74, 6) is 1.04. The van der Waals surface area contributed by atoms with Crippen molar-refractivity contribution in [3.8, 4) is 0 Å². The molecule has 1 N–H and O–H groups in total. The van der Waals surface area contributed by atoms with Gasteiger partial charge in [0, 0.05) is 31.6 Å². The van der Waals surface area contributed by atoms with Gasteiger partial charge >= 0.3 is 0 Å². The molecular formula is C24H36N4O2. The molecule has 0 aliphatic heterocycles. The highest BCUT2D eigenvalue weighted by Crippen LogP contribution is 2.18. The van der Waals surface area contributed by atoms with Gasteiger partial charge in [-0.15, -0.1) is 0 Å². The molecule has 2 rings (SSSR count). The first kappa shape index (κ1) is 23.6. The van der Waals surface area contributed by atoms with E-state index >= 15 is 0 Å². The van der Waals surface area contributed by atoms with Gasteiger partial charge in [0.05, 0.1) is 11.0 Å². The lowest BCUT2D eigenvalue weighted by atomic mass is 10.2. The molecular weight excluding hydrogens is 376 g/mol. The summed E-state index contributed by atoms with van der Waals surface area (Å²) in [5.41, 5.74) is 2.49. The number of nitrogens with one attached hydrogen (secondary N) is 1. The standard InChI is InChI=1S/C24H36N4O2/c1-5-16-27(17-6-2)23(29)18-28-21-13-10-9-12-20(21)26-22(28)14-8-7-11-15-25-24(30)19(3)4/h9-10,12-13H,3,5-8,11,14-18H2,1-2,4H3,(H,25,30). The number of amides is 2. The Morgan fingerprint density at radius 1 is 1.10 bits per heavy atom. The van der Waals surface area contributed by atoms with Crippen molar-refractivity contribution in [2.45, 2.75) is 65.8 Å². The fourth-order valence-corrected chi connectivity index (χ4v) is 3.57. The number of carbonyl (C=O) groups is 2. The van der Waals surface area contributed by atoms with E-state index in [1.165, 1.54) is 0 Å². The van der Waals surface area contributed by atoms with Crippen LogP contribution < -0.4 is 5.32 Å². The summed E-state index contributed by atoms with van der Waals surface area (Å²) in [6.07, 6.45) is 5.62. The topological polar surface area (TPSA) is 67.2 Å². The minimum absolute atomic E-state index is 0.0842. The van der Waals surface area contributed by atoms with Gasteiger partial charge in [-0.25, -0.2) is 4.98 Å². The van der Waals surface area contributed by atoms with Crippen molar-refractivity contribution < 1.29 is 9.59 Å². The Morgan fingerprint density at radius 3 is 2.47 bits per heavy atom. The van der Waals surface area contributed by atoms with Crippen LogP contribution in [0.3, 0.4) is 0 Å². The highest BCUT2D eigenvalue weighted by atomic mass is 16.2. The zero-order valence-corrected chi connectivity index (χ0v) is 18.7. The van der Waals surface area contributed by atoms with Crippen LogP contribution in [0.25, 0.3) is 11.0 Å². The van der Waals surface area contributed by atoms with Crippen LogP contribution in [0, 0.1) is 0 Å². The van der Waals surface area contributed by atoms with E-state index in [0.29, 0.717) is 18.7 Å². The molecule has 0 aliphatic rings. The van der Waals surface area contributed by atoms with Crippen molar-refractivity contribution in [1.82, 2.24) is 19.8 Å². The lowest BCUT2D eigenvalue weighted by Crippen LogP contribution is -2.35. The highest BCUT2D eigenvalue weighted by Gasteiger charge is 2.17. The number of aryl methyl sites for hydroxylation is 1. The molecule has 0 aliphatic carbocycles. The van der Waals surface area contributed by atoms with Crippen LogP contribution >= 0.6 is 0 Å². The van der Waals surface area contributed by atoms with E-state index in [0.717, 1.165) is 68.5 Å². The molecule has 6 heteroatoms. The number of aromatic nitrogens is 2. The highest BCUT2D eigenvalue weighted by molar-refractivity contribution is 5.92. The van der Waals surface area contributed by atoms with Crippen LogP contribution in [0.5, 0.6) is 0 Å². The molecule has 1 heterocycles. The summed E-state index contributed by atoms with van der Waals surface area (Å²) in [5, 5.41) is 2.87. The van der Waals surface area contributed by atoms with Crippen LogP contribution in [0.1, 0.15) is 58.7 Å². The van der Waals surface area contributed by atoms with E-state index in [4.69, 9.17) is 4.98 Å². The molecule has 2 amide bonds. The largest absolute Gasteiger partial charge is 0.352 e. The van der Waals surface area contributed by atoms with Gasteiger partial charge in [-0.1, -0.05) is 39.0 Å². The first-order valence-electron chi connectivity index (χ1n) is 11.1. The van der Waals surface area contributed by atoms with Gasteiger partial charge in [-0.05, 0) is 44.7 Å². The minimum atomic E-state index is -0.0842. The second-order valence-corrected chi connectivity index (χ2v) is 7.83. The van der Waals surface area contributed by atoms with Crippen molar-refractivity contribution in [1.29, 1.82) is 0 Å². The fraction of sp³-hybridized carbons (Fsp3) is 0.542. The summed E-state index contributed by atoms with van der Waals surface area (Å²) in [4.78, 5) is 31.2. The molecule has 0 atom stereocenters. The summed E-state index contributed by atoms with van der Waals surface area (Å²) < 4.78 is 2.08. The van der Waals surface area contributed by atoms with E-state index in [1.807, 2.05) is 29.2 Å². The summed E-state index contributed by atoms with van der Waals surface area (Å²) in [7, 11) is 0. The molecule has 0 saturated carbocycles. The zero-order valence-electron chi connectivity index (χ0n) is 18.7. The Bertz CT molecular complexity index is 850. The van der Waals surface area contributed by atoms with Crippen molar-refractivity contribution in [3.05, 3.63) is 42.2 Å². The number of fused-ring (bicyclic) bond motifs is 1. The monoisotopic (exact) mass is 412 g/mol. The van der Waals surface area contributed by atoms with E-state index in [2.05, 4.69) is 30.3 Å². The van der Waals surface area contributed by atoms with Crippen molar-refractivity contribution >= 4 is 22.8 Å². The smallest absolute Gasteiger partial charge is 0.246 e. The Hall–Kier alpha value is -2.63. The number of benzene rings is 1. The summed E-state index contributed by atoms with van der Waals surface area (Å²) in [6.45, 7) is 12.2. The number of unbranched alkanes of at least 4 members (excludes halogenated alkanes) is 2. The van der Waals surface area contributed by atoms with Gasteiger partial charge in [0.15, 0.2) is 0 Å². The maximum Gasteiger partial charge on any atom is 0.246 e. The van der Waals surface area contributed by atoms with E-state index < -0.39 is 0 Å². The second kappa shape index (κ2) is 12.2. The minimum Gasteiger partial charge on any atom is -0.352 e. The number of hydrogen-bond donors (Lipinski definition) is 1. The second-order valence-electron chi connectivity index (χ2n) is 7.83. The van der Waals surface area contributed by atoms with Crippen LogP contribution in [-0.2, 0) is 22.6 Å². The van der Waals surface area contributed by atoms with Gasteiger partial charge in [-0.3, -0.25) is 9.59 Å². The normalized spacial score (nSPS) is 10.9. The van der Waals surface area contributed by atoms with Crippen molar-refractivity contribution in [2.75, 3.05) is 19.6 Å². The maximum atomic E-state index is 13.0. The number of hydrogen-bond acceptors (Lipinski definition) is 3. The van der Waals surface area contributed by atoms with Gasteiger partial charge < -0.3 is 14.8 Å². The Kier molecular flexibility index (Phi) is 9.58.